The molecule has 2 unspecified atom stereocenters. The van der Waals surface area contributed by atoms with E-state index >= 15 is 0 Å². The molecule has 2 aliphatic rings. The highest BCUT2D eigenvalue weighted by Crippen LogP contribution is 2.36. The van der Waals surface area contributed by atoms with Gasteiger partial charge >= 0.3 is 0 Å². The van der Waals surface area contributed by atoms with Crippen LogP contribution in [0.25, 0.3) is 0 Å². The molecule has 1 amide bonds. The van der Waals surface area contributed by atoms with Gasteiger partial charge < -0.3 is 5.32 Å². The fourth-order valence-electron chi connectivity index (χ4n) is 4.24. The number of carbonyl (C=O) groups excluding carboxylic acids is 1. The lowest BCUT2D eigenvalue weighted by Gasteiger charge is -2.25. The maximum Gasteiger partial charge on any atom is 0.262 e. The van der Waals surface area contributed by atoms with Crippen molar-refractivity contribution in [3.8, 4) is 0 Å². The van der Waals surface area contributed by atoms with Crippen LogP contribution in [0.4, 0.5) is 11.4 Å². The molecule has 3 aromatic carbocycles. The first-order valence-electron chi connectivity index (χ1n) is 10.8. The number of hydrazone groups is 2. The van der Waals surface area contributed by atoms with Gasteiger partial charge in [0.05, 0.1) is 23.2 Å². The smallest absolute Gasteiger partial charge is 0.262 e. The number of thiocarbonyl (C=S) groups is 1. The average molecular weight is 454 g/mol. The molecule has 0 radical (unpaired) electrons. The summed E-state index contributed by atoms with van der Waals surface area (Å²) in [6.45, 7) is 1.88. The molecular weight excluding hydrogens is 430 g/mol. The minimum atomic E-state index is -0.499. The summed E-state index contributed by atoms with van der Waals surface area (Å²) in [7, 11) is 0. The number of rotatable bonds is 4. The first-order valence-corrected chi connectivity index (χ1v) is 11.2. The van der Waals surface area contributed by atoms with Crippen molar-refractivity contribution >= 4 is 46.0 Å². The predicted molar refractivity (Wildman–Crippen MR) is 136 cm³/mol. The van der Waals surface area contributed by atoms with Gasteiger partial charge in [-0.3, -0.25) is 4.79 Å². The number of amides is 1. The SMILES string of the molecule is CC1=NN(c2ccccc2)C(=O)C1C1=NN(C(=S)Nc2ccccc2)C(c2ccccc2)C1. The molecule has 6 nitrogen and oxygen atoms in total. The molecule has 164 valence electrons. The highest BCUT2D eigenvalue weighted by atomic mass is 32.1. The monoisotopic (exact) mass is 453 g/mol. The number of nitrogens with zero attached hydrogens (tertiary/aromatic N) is 4. The van der Waals surface area contributed by atoms with E-state index < -0.39 is 5.92 Å². The highest BCUT2D eigenvalue weighted by Gasteiger charge is 2.43. The molecule has 0 aromatic heterocycles. The summed E-state index contributed by atoms with van der Waals surface area (Å²) >= 11 is 5.74. The lowest BCUT2D eigenvalue weighted by Crippen LogP contribution is -2.32. The number of anilines is 2. The molecule has 1 N–H and O–H groups in total. The summed E-state index contributed by atoms with van der Waals surface area (Å²) < 4.78 is 0. The standard InChI is InChI=1S/C26H23N5OS/c1-18-24(25(32)30(28-18)21-15-9-4-10-16-21)22-17-23(19-11-5-2-6-12-19)31(29-22)26(33)27-20-13-7-3-8-14-20/h2-16,23-24H,17H2,1H3,(H,27,33). The molecule has 0 saturated carbocycles. The summed E-state index contributed by atoms with van der Waals surface area (Å²) in [5.41, 5.74) is 4.24. The Bertz CT molecular complexity index is 1230. The van der Waals surface area contributed by atoms with Crippen LogP contribution in [0.1, 0.15) is 24.9 Å². The average Bonchev–Trinajstić information content (AvgIpc) is 3.41. The van der Waals surface area contributed by atoms with Crippen LogP contribution in [0, 0.1) is 5.92 Å². The maximum absolute atomic E-state index is 13.4. The van der Waals surface area contributed by atoms with Crippen molar-refractivity contribution in [3.05, 3.63) is 96.6 Å². The summed E-state index contributed by atoms with van der Waals surface area (Å²) in [4.78, 5) is 13.4. The van der Waals surface area contributed by atoms with E-state index in [2.05, 4.69) is 22.6 Å². The molecule has 3 aromatic rings. The number of hydrogen-bond acceptors (Lipinski definition) is 4. The lowest BCUT2D eigenvalue weighted by molar-refractivity contribution is -0.118. The van der Waals surface area contributed by atoms with Gasteiger partial charge in [0, 0.05) is 12.1 Å². The van der Waals surface area contributed by atoms with E-state index in [1.165, 1.54) is 5.01 Å². The highest BCUT2D eigenvalue weighted by molar-refractivity contribution is 7.80. The Morgan fingerprint density at radius 1 is 0.909 bits per heavy atom. The lowest BCUT2D eigenvalue weighted by atomic mass is 9.92. The first-order chi connectivity index (χ1) is 16.1. The van der Waals surface area contributed by atoms with Crippen molar-refractivity contribution in [1.29, 1.82) is 0 Å². The Morgan fingerprint density at radius 2 is 1.52 bits per heavy atom. The third kappa shape index (κ3) is 4.15. The van der Waals surface area contributed by atoms with Gasteiger partial charge in [0.15, 0.2) is 5.11 Å². The third-order valence-electron chi connectivity index (χ3n) is 5.82. The van der Waals surface area contributed by atoms with Crippen molar-refractivity contribution in [2.75, 3.05) is 10.3 Å². The molecule has 0 fully saturated rings. The number of hydrogen-bond donors (Lipinski definition) is 1. The molecule has 0 spiro atoms. The van der Waals surface area contributed by atoms with Crippen LogP contribution in [0.2, 0.25) is 0 Å². The van der Waals surface area contributed by atoms with Gasteiger partial charge in [-0.05, 0) is 49.0 Å². The quantitative estimate of drug-likeness (QED) is 0.550. The zero-order valence-corrected chi connectivity index (χ0v) is 18.9. The van der Waals surface area contributed by atoms with E-state index in [9.17, 15) is 4.79 Å². The zero-order chi connectivity index (χ0) is 22.8. The summed E-state index contributed by atoms with van der Waals surface area (Å²) in [6.07, 6.45) is 0.590. The van der Waals surface area contributed by atoms with Crippen molar-refractivity contribution < 1.29 is 4.79 Å². The largest absolute Gasteiger partial charge is 0.331 e. The predicted octanol–water partition coefficient (Wildman–Crippen LogP) is 5.23. The Hall–Kier alpha value is -3.84. The van der Waals surface area contributed by atoms with Crippen LogP contribution in [-0.2, 0) is 4.79 Å². The van der Waals surface area contributed by atoms with E-state index in [1.54, 1.807) is 0 Å². The number of nitrogens with one attached hydrogen (secondary N) is 1. The van der Waals surface area contributed by atoms with Gasteiger partial charge in [-0.25, -0.2) is 5.01 Å². The topological polar surface area (TPSA) is 60.3 Å². The Kier molecular flexibility index (Phi) is 5.71. The van der Waals surface area contributed by atoms with Crippen molar-refractivity contribution in [2.45, 2.75) is 19.4 Å². The summed E-state index contributed by atoms with van der Waals surface area (Å²) in [5.74, 6) is -0.589. The molecule has 2 atom stereocenters. The molecule has 2 heterocycles. The number of carbonyl (C=O) groups is 1. The van der Waals surface area contributed by atoms with E-state index in [0.29, 0.717) is 11.5 Å². The van der Waals surface area contributed by atoms with Gasteiger partial charge in [0.1, 0.15) is 5.92 Å². The molecule has 5 rings (SSSR count). The zero-order valence-electron chi connectivity index (χ0n) is 18.1. The fourth-order valence-corrected chi connectivity index (χ4v) is 4.52. The van der Waals surface area contributed by atoms with E-state index in [4.69, 9.17) is 17.3 Å². The van der Waals surface area contributed by atoms with Crippen molar-refractivity contribution in [1.82, 2.24) is 5.01 Å². The fraction of sp³-hybridized carbons (Fsp3) is 0.154. The minimum Gasteiger partial charge on any atom is -0.331 e. The first kappa shape index (κ1) is 21.0. The molecule has 0 saturated heterocycles. The van der Waals surface area contributed by atoms with E-state index in [1.807, 2.05) is 90.8 Å². The van der Waals surface area contributed by atoms with Gasteiger partial charge in [0.25, 0.3) is 5.91 Å². The normalized spacial score (nSPS) is 20.0. The second-order valence-corrected chi connectivity index (χ2v) is 8.41. The second kappa shape index (κ2) is 8.96. The van der Waals surface area contributed by atoms with Gasteiger partial charge in [-0.15, -0.1) is 0 Å². The van der Waals surface area contributed by atoms with E-state index in [0.717, 1.165) is 28.4 Å². The molecule has 7 heteroatoms. The van der Waals surface area contributed by atoms with E-state index in [-0.39, 0.29) is 11.9 Å². The van der Waals surface area contributed by atoms with Crippen LogP contribution in [0.5, 0.6) is 0 Å². The van der Waals surface area contributed by atoms with Crippen LogP contribution in [0.3, 0.4) is 0 Å². The summed E-state index contributed by atoms with van der Waals surface area (Å²) in [6, 6.07) is 29.3. The molecule has 0 bridgehead atoms. The number of benzene rings is 3. The molecule has 0 aliphatic carbocycles. The molecular formula is C26H23N5OS. The van der Waals surface area contributed by atoms with Gasteiger partial charge in [-0.1, -0.05) is 66.7 Å². The Morgan fingerprint density at radius 3 is 2.18 bits per heavy atom. The molecule has 2 aliphatic heterocycles. The van der Waals surface area contributed by atoms with Crippen LogP contribution in [-0.4, -0.2) is 27.5 Å². The van der Waals surface area contributed by atoms with Crippen molar-refractivity contribution in [2.24, 2.45) is 16.1 Å². The van der Waals surface area contributed by atoms with Crippen LogP contribution >= 0.6 is 12.2 Å². The van der Waals surface area contributed by atoms with Crippen LogP contribution < -0.4 is 10.3 Å². The van der Waals surface area contributed by atoms with Crippen molar-refractivity contribution in [3.63, 3.8) is 0 Å². The second-order valence-electron chi connectivity index (χ2n) is 8.02. The maximum atomic E-state index is 13.4. The van der Waals surface area contributed by atoms with Gasteiger partial charge in [-0.2, -0.15) is 15.2 Å². The Labute approximate surface area is 198 Å². The van der Waals surface area contributed by atoms with Crippen LogP contribution in [0.15, 0.2) is 101 Å². The van der Waals surface area contributed by atoms with Gasteiger partial charge in [0.2, 0.25) is 0 Å². The third-order valence-corrected chi connectivity index (χ3v) is 6.11. The number of para-hydroxylation sites is 2. The summed E-state index contributed by atoms with van der Waals surface area (Å²) in [5, 5.41) is 16.5. The molecule has 33 heavy (non-hydrogen) atoms. The Balaban J connectivity index is 1.45. The minimum absolute atomic E-state index is 0.0898.